The first kappa shape index (κ1) is 20.5. The Labute approximate surface area is 165 Å². The largest absolute Gasteiger partial charge is 0.496 e. The predicted molar refractivity (Wildman–Crippen MR) is 105 cm³/mol. The van der Waals surface area contributed by atoms with E-state index in [1.165, 1.54) is 33.5 Å². The van der Waals surface area contributed by atoms with Gasteiger partial charge in [0.2, 0.25) is 0 Å². The highest BCUT2D eigenvalue weighted by Gasteiger charge is 2.12. The van der Waals surface area contributed by atoms with E-state index in [1.807, 2.05) is 0 Å². The van der Waals surface area contributed by atoms with E-state index in [9.17, 15) is 9.59 Å². The van der Waals surface area contributed by atoms with Crippen LogP contribution in [0.15, 0.2) is 46.9 Å². The number of ketones is 1. The van der Waals surface area contributed by atoms with Crippen LogP contribution in [0.3, 0.4) is 0 Å². The van der Waals surface area contributed by atoms with Crippen LogP contribution in [0.2, 0.25) is 0 Å². The van der Waals surface area contributed by atoms with E-state index < -0.39 is 5.97 Å². The smallest absolute Gasteiger partial charge is 0.331 e. The number of halogens is 1. The number of para-hydroxylation sites is 1. The van der Waals surface area contributed by atoms with Gasteiger partial charge in [-0.3, -0.25) is 4.79 Å². The van der Waals surface area contributed by atoms with Gasteiger partial charge in [0.25, 0.3) is 0 Å². The lowest BCUT2D eigenvalue weighted by Crippen LogP contribution is -2.12. The molecule has 0 unspecified atom stereocenters. The topological polar surface area (TPSA) is 71.1 Å². The molecule has 2 aromatic rings. The van der Waals surface area contributed by atoms with Crippen molar-refractivity contribution >= 4 is 33.8 Å². The zero-order valence-electron chi connectivity index (χ0n) is 15.2. The summed E-state index contributed by atoms with van der Waals surface area (Å²) in [7, 11) is 4.58. The van der Waals surface area contributed by atoms with Gasteiger partial charge in [-0.2, -0.15) is 0 Å². The number of hydrogen-bond donors (Lipinski definition) is 0. The van der Waals surface area contributed by atoms with Crippen molar-refractivity contribution in [1.82, 2.24) is 0 Å². The van der Waals surface area contributed by atoms with Gasteiger partial charge in [-0.05, 0) is 46.3 Å². The van der Waals surface area contributed by atoms with Gasteiger partial charge in [0, 0.05) is 17.2 Å². The molecular weight excluding hydrogens is 416 g/mol. The first-order valence-corrected chi connectivity index (χ1v) is 8.72. The van der Waals surface area contributed by atoms with Gasteiger partial charge < -0.3 is 18.9 Å². The van der Waals surface area contributed by atoms with Crippen LogP contribution < -0.4 is 14.2 Å². The molecule has 0 heterocycles. The summed E-state index contributed by atoms with van der Waals surface area (Å²) >= 11 is 3.31. The SMILES string of the molecule is COc1ccc(C(=O)COC(=O)/C=C/c2cccc(OC)c2OC)cc1Br. The highest BCUT2D eigenvalue weighted by Crippen LogP contribution is 2.31. The summed E-state index contributed by atoms with van der Waals surface area (Å²) in [6.45, 7) is -0.364. The highest BCUT2D eigenvalue weighted by atomic mass is 79.9. The second kappa shape index (κ2) is 9.78. The van der Waals surface area contributed by atoms with Gasteiger partial charge in [-0.15, -0.1) is 0 Å². The molecule has 0 atom stereocenters. The average Bonchev–Trinajstić information content (AvgIpc) is 2.69. The normalized spacial score (nSPS) is 10.5. The molecule has 2 rings (SSSR count). The minimum atomic E-state index is -0.638. The predicted octanol–water partition coefficient (Wildman–Crippen LogP) is 3.91. The third-order valence-electron chi connectivity index (χ3n) is 3.65. The maximum absolute atomic E-state index is 12.2. The Morgan fingerprint density at radius 1 is 1.00 bits per heavy atom. The summed E-state index contributed by atoms with van der Waals surface area (Å²) in [5.41, 5.74) is 1.06. The summed E-state index contributed by atoms with van der Waals surface area (Å²) in [5, 5.41) is 0. The van der Waals surface area contributed by atoms with Gasteiger partial charge in [0.1, 0.15) is 5.75 Å². The van der Waals surface area contributed by atoms with Crippen LogP contribution in [0.25, 0.3) is 6.08 Å². The Hall–Kier alpha value is -2.80. The Bertz CT molecular complexity index is 860. The molecule has 0 spiro atoms. The molecule has 0 aromatic heterocycles. The number of rotatable bonds is 8. The fourth-order valence-electron chi connectivity index (χ4n) is 2.31. The van der Waals surface area contributed by atoms with Crippen LogP contribution in [0.4, 0.5) is 0 Å². The van der Waals surface area contributed by atoms with Gasteiger partial charge in [0.15, 0.2) is 23.9 Å². The van der Waals surface area contributed by atoms with Crippen LogP contribution in [0.5, 0.6) is 17.2 Å². The van der Waals surface area contributed by atoms with Crippen LogP contribution in [-0.2, 0) is 9.53 Å². The lowest BCUT2D eigenvalue weighted by atomic mass is 10.1. The van der Waals surface area contributed by atoms with Gasteiger partial charge >= 0.3 is 5.97 Å². The zero-order chi connectivity index (χ0) is 19.8. The molecule has 0 bridgehead atoms. The zero-order valence-corrected chi connectivity index (χ0v) is 16.7. The Kier molecular flexibility index (Phi) is 7.43. The molecule has 0 aliphatic rings. The van der Waals surface area contributed by atoms with Crippen molar-refractivity contribution in [1.29, 1.82) is 0 Å². The van der Waals surface area contributed by atoms with Gasteiger partial charge in [-0.1, -0.05) is 12.1 Å². The molecule has 6 nitrogen and oxygen atoms in total. The van der Waals surface area contributed by atoms with Crippen molar-refractivity contribution < 1.29 is 28.5 Å². The number of methoxy groups -OCH3 is 3. The molecule has 2 aromatic carbocycles. The Balaban J connectivity index is 1.99. The molecule has 0 aliphatic carbocycles. The molecule has 0 N–H and O–H groups in total. The molecule has 0 radical (unpaired) electrons. The van der Waals surface area contributed by atoms with Crippen LogP contribution in [0.1, 0.15) is 15.9 Å². The van der Waals surface area contributed by atoms with E-state index in [1.54, 1.807) is 36.4 Å². The molecule has 0 aliphatic heterocycles. The number of carbonyl (C=O) groups is 2. The minimum absolute atomic E-state index is 0.320. The molecular formula is C20H19BrO6. The van der Waals surface area contributed by atoms with Gasteiger partial charge in [-0.25, -0.2) is 4.79 Å². The monoisotopic (exact) mass is 434 g/mol. The van der Waals surface area contributed by atoms with Crippen molar-refractivity contribution in [3.63, 3.8) is 0 Å². The molecule has 0 fully saturated rings. The number of benzene rings is 2. The quantitative estimate of drug-likeness (QED) is 0.356. The van der Waals surface area contributed by atoms with E-state index in [2.05, 4.69) is 15.9 Å². The van der Waals surface area contributed by atoms with Crippen molar-refractivity contribution in [3.8, 4) is 17.2 Å². The fraction of sp³-hybridized carbons (Fsp3) is 0.200. The van der Waals surface area contributed by atoms with E-state index in [4.69, 9.17) is 18.9 Å². The third-order valence-corrected chi connectivity index (χ3v) is 4.27. The molecule has 0 amide bonds. The maximum atomic E-state index is 12.2. The number of Topliss-reactive ketones (excluding diaryl/α,β-unsaturated/α-hetero) is 1. The first-order valence-electron chi connectivity index (χ1n) is 7.92. The fourth-order valence-corrected chi connectivity index (χ4v) is 2.85. The van der Waals surface area contributed by atoms with E-state index in [-0.39, 0.29) is 12.4 Å². The molecule has 142 valence electrons. The molecule has 0 saturated carbocycles. The van der Waals surface area contributed by atoms with Crippen molar-refractivity contribution in [2.45, 2.75) is 0 Å². The molecule has 0 saturated heterocycles. The lowest BCUT2D eigenvalue weighted by Gasteiger charge is -2.09. The van der Waals surface area contributed by atoms with Crippen molar-refractivity contribution in [3.05, 3.63) is 58.1 Å². The van der Waals surface area contributed by atoms with E-state index >= 15 is 0 Å². The van der Waals surface area contributed by atoms with Crippen LogP contribution in [0, 0.1) is 0 Å². The second-order valence-electron chi connectivity index (χ2n) is 5.30. The number of ether oxygens (including phenoxy) is 4. The summed E-state index contributed by atoms with van der Waals surface area (Å²) in [5.74, 6) is 0.704. The first-order chi connectivity index (χ1) is 13.0. The minimum Gasteiger partial charge on any atom is -0.496 e. The van der Waals surface area contributed by atoms with Crippen LogP contribution in [-0.4, -0.2) is 39.7 Å². The summed E-state index contributed by atoms with van der Waals surface area (Å²) in [6.07, 6.45) is 2.77. The average molecular weight is 435 g/mol. The third kappa shape index (κ3) is 5.34. The molecule has 7 heteroatoms. The molecule has 27 heavy (non-hydrogen) atoms. The standard InChI is InChI=1S/C20H19BrO6/c1-24-17-9-7-14(11-15(17)21)16(22)12-27-19(23)10-8-13-5-4-6-18(25-2)20(13)26-3/h4-11H,12H2,1-3H3/b10-8+. The van der Waals surface area contributed by atoms with Crippen LogP contribution >= 0.6 is 15.9 Å². The van der Waals surface area contributed by atoms with Gasteiger partial charge in [0.05, 0.1) is 25.8 Å². The Morgan fingerprint density at radius 3 is 2.37 bits per heavy atom. The van der Waals surface area contributed by atoms with E-state index in [0.717, 1.165) is 0 Å². The number of esters is 1. The second-order valence-corrected chi connectivity index (χ2v) is 6.15. The Morgan fingerprint density at radius 2 is 1.74 bits per heavy atom. The maximum Gasteiger partial charge on any atom is 0.331 e. The van der Waals surface area contributed by atoms with Crippen molar-refractivity contribution in [2.75, 3.05) is 27.9 Å². The lowest BCUT2D eigenvalue weighted by molar-refractivity contribution is -0.136. The van der Waals surface area contributed by atoms with Crippen molar-refractivity contribution in [2.24, 2.45) is 0 Å². The highest BCUT2D eigenvalue weighted by molar-refractivity contribution is 9.10. The van der Waals surface area contributed by atoms with E-state index in [0.29, 0.717) is 32.8 Å². The number of carbonyl (C=O) groups excluding carboxylic acids is 2. The summed E-state index contributed by atoms with van der Waals surface area (Å²) in [4.78, 5) is 24.1. The number of hydrogen-bond acceptors (Lipinski definition) is 6. The summed E-state index contributed by atoms with van der Waals surface area (Å²) in [6, 6.07) is 10.2. The summed E-state index contributed by atoms with van der Waals surface area (Å²) < 4.78 is 21.3.